The van der Waals surface area contributed by atoms with Gasteiger partial charge in [0.2, 0.25) is 11.8 Å². The molecule has 2 aliphatic carbocycles. The second-order valence-electron chi connectivity index (χ2n) is 8.69. The zero-order chi connectivity index (χ0) is 15.8. The number of amides is 2. The highest BCUT2D eigenvalue weighted by molar-refractivity contribution is 5.85. The Morgan fingerprint density at radius 3 is 2.43 bits per heavy atom. The lowest BCUT2D eigenvalue weighted by molar-refractivity contribution is -0.145. The van der Waals surface area contributed by atoms with Gasteiger partial charge in [-0.3, -0.25) is 14.5 Å². The fourth-order valence-corrected chi connectivity index (χ4v) is 6.24. The summed E-state index contributed by atoms with van der Waals surface area (Å²) in [5, 5.41) is 0. The van der Waals surface area contributed by atoms with E-state index in [-0.39, 0.29) is 17.4 Å². The van der Waals surface area contributed by atoms with Gasteiger partial charge in [-0.2, -0.15) is 0 Å². The van der Waals surface area contributed by atoms with Gasteiger partial charge in [-0.15, -0.1) is 0 Å². The number of likely N-dealkylation sites (tertiary alicyclic amines) is 3. The number of nitrogens with zero attached hydrogens (tertiary/aromatic N) is 3. The SMILES string of the molecule is CN1CCC(N2C[C@@H]3C[C@H]2CN3C(=O)C23CCC(CC2)C3)C1=O. The number of piperazine rings is 1. The van der Waals surface area contributed by atoms with E-state index >= 15 is 0 Å². The molecule has 23 heavy (non-hydrogen) atoms. The minimum absolute atomic E-state index is 0.00335. The molecule has 5 heteroatoms. The summed E-state index contributed by atoms with van der Waals surface area (Å²) < 4.78 is 0. The van der Waals surface area contributed by atoms with E-state index < -0.39 is 0 Å². The van der Waals surface area contributed by atoms with Crippen LogP contribution in [0, 0.1) is 11.3 Å². The molecule has 0 aromatic rings. The van der Waals surface area contributed by atoms with Crippen molar-refractivity contribution in [3.63, 3.8) is 0 Å². The number of carbonyl (C=O) groups is 2. The first kappa shape index (κ1) is 14.3. The van der Waals surface area contributed by atoms with Gasteiger partial charge in [0.1, 0.15) is 0 Å². The fraction of sp³-hybridized carbons (Fsp3) is 0.889. The van der Waals surface area contributed by atoms with Gasteiger partial charge in [0.15, 0.2) is 0 Å². The van der Waals surface area contributed by atoms with Gasteiger partial charge in [0.05, 0.1) is 6.04 Å². The van der Waals surface area contributed by atoms with Crippen LogP contribution in [-0.2, 0) is 9.59 Å². The monoisotopic (exact) mass is 317 g/mol. The zero-order valence-electron chi connectivity index (χ0n) is 14.0. The molecule has 0 spiro atoms. The van der Waals surface area contributed by atoms with Gasteiger partial charge in [-0.05, 0) is 50.9 Å². The molecule has 3 atom stereocenters. The Morgan fingerprint density at radius 1 is 1.13 bits per heavy atom. The molecule has 5 aliphatic rings. The van der Waals surface area contributed by atoms with Crippen molar-refractivity contribution in [2.75, 3.05) is 26.7 Å². The molecule has 2 amide bonds. The molecule has 5 fully saturated rings. The van der Waals surface area contributed by atoms with Crippen molar-refractivity contribution in [3.05, 3.63) is 0 Å². The van der Waals surface area contributed by atoms with Crippen molar-refractivity contribution in [3.8, 4) is 0 Å². The Balaban J connectivity index is 1.29. The Kier molecular flexibility index (Phi) is 2.92. The minimum atomic E-state index is 0.00335. The van der Waals surface area contributed by atoms with Crippen molar-refractivity contribution in [2.45, 2.75) is 63.1 Å². The highest BCUT2D eigenvalue weighted by Gasteiger charge is 2.56. The van der Waals surface area contributed by atoms with E-state index in [9.17, 15) is 9.59 Å². The molecule has 0 radical (unpaired) electrons. The van der Waals surface area contributed by atoms with E-state index in [1.54, 1.807) is 0 Å². The average Bonchev–Trinajstić information content (AvgIpc) is 3.34. The van der Waals surface area contributed by atoms with Crippen LogP contribution in [0.15, 0.2) is 0 Å². The topological polar surface area (TPSA) is 43.9 Å². The zero-order valence-corrected chi connectivity index (χ0v) is 14.0. The lowest BCUT2D eigenvalue weighted by atomic mass is 9.82. The molecule has 5 nitrogen and oxygen atoms in total. The highest BCUT2D eigenvalue weighted by atomic mass is 16.2. The predicted molar refractivity (Wildman–Crippen MR) is 85.7 cm³/mol. The second kappa shape index (κ2) is 4.71. The van der Waals surface area contributed by atoms with Crippen LogP contribution in [-0.4, -0.2) is 71.3 Å². The molecule has 3 heterocycles. The summed E-state index contributed by atoms with van der Waals surface area (Å²) in [5.74, 6) is 1.56. The summed E-state index contributed by atoms with van der Waals surface area (Å²) in [6, 6.07) is 0.854. The van der Waals surface area contributed by atoms with Crippen molar-refractivity contribution < 1.29 is 9.59 Å². The lowest BCUT2D eigenvalue weighted by Gasteiger charge is -2.40. The summed E-state index contributed by atoms with van der Waals surface area (Å²) in [6.07, 6.45) is 7.97. The highest BCUT2D eigenvalue weighted by Crippen LogP contribution is 2.55. The van der Waals surface area contributed by atoms with Gasteiger partial charge in [-0.25, -0.2) is 0 Å². The maximum atomic E-state index is 13.2. The third kappa shape index (κ3) is 1.89. The van der Waals surface area contributed by atoms with E-state index in [1.807, 2.05) is 11.9 Å². The molecular weight excluding hydrogens is 290 g/mol. The van der Waals surface area contributed by atoms with E-state index in [2.05, 4.69) is 9.80 Å². The maximum absolute atomic E-state index is 13.2. The quantitative estimate of drug-likeness (QED) is 0.765. The van der Waals surface area contributed by atoms with E-state index in [0.717, 1.165) is 57.7 Å². The Hall–Kier alpha value is -1.10. The van der Waals surface area contributed by atoms with E-state index in [1.165, 1.54) is 12.8 Å². The molecule has 2 saturated carbocycles. The number of fused-ring (bicyclic) bond motifs is 4. The largest absolute Gasteiger partial charge is 0.344 e. The van der Waals surface area contributed by atoms with E-state index in [0.29, 0.717) is 18.0 Å². The normalized spacial score (nSPS) is 45.7. The number of rotatable bonds is 2. The smallest absolute Gasteiger partial charge is 0.239 e. The molecule has 1 unspecified atom stereocenters. The van der Waals surface area contributed by atoms with Crippen LogP contribution in [0.25, 0.3) is 0 Å². The fourth-order valence-electron chi connectivity index (χ4n) is 6.24. The summed E-state index contributed by atoms with van der Waals surface area (Å²) in [5.41, 5.74) is 0.00335. The molecule has 3 aliphatic heterocycles. The Labute approximate surface area is 138 Å². The number of hydrogen-bond donors (Lipinski definition) is 0. The van der Waals surface area contributed by atoms with Crippen LogP contribution in [0.3, 0.4) is 0 Å². The molecule has 0 N–H and O–H groups in total. The number of likely N-dealkylation sites (N-methyl/N-ethyl adjacent to an activating group) is 1. The molecule has 0 aromatic heterocycles. The van der Waals surface area contributed by atoms with Crippen molar-refractivity contribution >= 4 is 11.8 Å². The number of carbonyl (C=O) groups excluding carboxylic acids is 2. The number of hydrogen-bond acceptors (Lipinski definition) is 3. The standard InChI is InChI=1S/C18H27N3O2/c1-19-7-4-15(16(19)22)20-10-14-8-13(20)11-21(14)17(23)18-5-2-12(9-18)3-6-18/h12-15H,2-11H2,1H3/t12?,13-,14-,15?,18?/m0/s1. The first-order chi connectivity index (χ1) is 11.1. The van der Waals surface area contributed by atoms with Crippen LogP contribution >= 0.6 is 0 Å². The van der Waals surface area contributed by atoms with Crippen LogP contribution in [0.2, 0.25) is 0 Å². The molecular formula is C18H27N3O2. The molecule has 126 valence electrons. The van der Waals surface area contributed by atoms with Gasteiger partial charge >= 0.3 is 0 Å². The van der Waals surface area contributed by atoms with Crippen molar-refractivity contribution in [2.24, 2.45) is 11.3 Å². The van der Waals surface area contributed by atoms with Crippen molar-refractivity contribution in [1.29, 1.82) is 0 Å². The first-order valence-electron chi connectivity index (χ1n) is 9.39. The molecule has 3 saturated heterocycles. The Morgan fingerprint density at radius 2 is 1.91 bits per heavy atom. The van der Waals surface area contributed by atoms with Crippen LogP contribution in [0.1, 0.15) is 44.9 Å². The third-order valence-electron chi connectivity index (χ3n) is 7.54. The molecule has 0 aromatic carbocycles. The Bertz CT molecular complexity index is 554. The summed E-state index contributed by atoms with van der Waals surface area (Å²) in [4.78, 5) is 32.0. The third-order valence-corrected chi connectivity index (χ3v) is 7.54. The van der Waals surface area contributed by atoms with Gasteiger partial charge in [0, 0.05) is 44.2 Å². The van der Waals surface area contributed by atoms with Gasteiger partial charge < -0.3 is 9.80 Å². The first-order valence-corrected chi connectivity index (χ1v) is 9.39. The lowest BCUT2D eigenvalue weighted by Crippen LogP contribution is -2.55. The average molecular weight is 317 g/mol. The molecule has 4 bridgehead atoms. The maximum Gasteiger partial charge on any atom is 0.239 e. The van der Waals surface area contributed by atoms with E-state index in [4.69, 9.17) is 0 Å². The summed E-state index contributed by atoms with van der Waals surface area (Å²) in [6.45, 7) is 2.66. The van der Waals surface area contributed by atoms with Crippen LogP contribution < -0.4 is 0 Å². The van der Waals surface area contributed by atoms with Gasteiger partial charge in [0.25, 0.3) is 0 Å². The van der Waals surface area contributed by atoms with Crippen LogP contribution in [0.5, 0.6) is 0 Å². The minimum Gasteiger partial charge on any atom is -0.344 e. The predicted octanol–water partition coefficient (Wildman–Crippen LogP) is 1.08. The summed E-state index contributed by atoms with van der Waals surface area (Å²) >= 11 is 0. The van der Waals surface area contributed by atoms with Crippen LogP contribution in [0.4, 0.5) is 0 Å². The second-order valence-corrected chi connectivity index (χ2v) is 8.69. The molecule has 5 rings (SSSR count). The summed E-state index contributed by atoms with van der Waals surface area (Å²) in [7, 11) is 1.91. The van der Waals surface area contributed by atoms with Crippen molar-refractivity contribution in [1.82, 2.24) is 14.7 Å². The van der Waals surface area contributed by atoms with Gasteiger partial charge in [-0.1, -0.05) is 0 Å².